The van der Waals surface area contributed by atoms with Crippen LogP contribution in [0, 0.1) is 0 Å². The van der Waals surface area contributed by atoms with Gasteiger partial charge in [0.25, 0.3) is 5.91 Å². The summed E-state index contributed by atoms with van der Waals surface area (Å²) in [7, 11) is 0. The van der Waals surface area contributed by atoms with Crippen molar-refractivity contribution in [2.45, 2.75) is 32.6 Å². The summed E-state index contributed by atoms with van der Waals surface area (Å²) in [5, 5.41) is 1.85. The number of nitrogens with zero attached hydrogens (tertiary/aromatic N) is 1. The summed E-state index contributed by atoms with van der Waals surface area (Å²) in [6, 6.07) is 20.4. The smallest absolute Gasteiger partial charge is 0.344 e. The standard InChI is InChI=1S/C27H25NO3S2/c1-2-3-4-7-17-28-25(29)24(33-27(28)32)18-19-13-15-21(16-14-19)31-26(30)23-12-8-10-20-9-5-6-11-22(20)23/h5-6,8-16,18H,2-4,7,17H2,1H3. The molecular weight excluding hydrogens is 450 g/mol. The van der Waals surface area contributed by atoms with Crippen LogP contribution in [0.4, 0.5) is 0 Å². The lowest BCUT2D eigenvalue weighted by Crippen LogP contribution is -2.28. The summed E-state index contributed by atoms with van der Waals surface area (Å²) in [6.45, 7) is 2.84. The van der Waals surface area contributed by atoms with Gasteiger partial charge in [-0.25, -0.2) is 4.79 Å². The summed E-state index contributed by atoms with van der Waals surface area (Å²) in [5.41, 5.74) is 1.38. The molecule has 0 aromatic heterocycles. The Morgan fingerprint density at radius 2 is 1.76 bits per heavy atom. The Kier molecular flexibility index (Phi) is 7.57. The van der Waals surface area contributed by atoms with Gasteiger partial charge in [0.2, 0.25) is 0 Å². The van der Waals surface area contributed by atoms with Crippen molar-refractivity contribution in [3.63, 3.8) is 0 Å². The first-order valence-electron chi connectivity index (χ1n) is 11.1. The molecule has 1 heterocycles. The van der Waals surface area contributed by atoms with E-state index in [1.54, 1.807) is 23.1 Å². The van der Waals surface area contributed by atoms with Gasteiger partial charge in [-0.15, -0.1) is 0 Å². The SMILES string of the molecule is CCCCCCN1C(=O)C(=Cc2ccc(OC(=O)c3cccc4ccccc34)cc2)SC1=S. The molecule has 3 aromatic rings. The lowest BCUT2D eigenvalue weighted by molar-refractivity contribution is -0.122. The van der Waals surface area contributed by atoms with Crippen LogP contribution in [-0.4, -0.2) is 27.6 Å². The molecule has 4 rings (SSSR count). The van der Waals surface area contributed by atoms with Crippen LogP contribution in [0.2, 0.25) is 0 Å². The fourth-order valence-electron chi connectivity index (χ4n) is 3.74. The number of amides is 1. The van der Waals surface area contributed by atoms with Crippen LogP contribution in [0.15, 0.2) is 71.6 Å². The molecule has 0 spiro atoms. The average molecular weight is 476 g/mol. The minimum absolute atomic E-state index is 0.0343. The monoisotopic (exact) mass is 475 g/mol. The number of thioether (sulfide) groups is 1. The van der Waals surface area contributed by atoms with Crippen LogP contribution in [0.1, 0.15) is 48.5 Å². The highest BCUT2D eigenvalue weighted by atomic mass is 32.2. The number of benzene rings is 3. The number of hydrogen-bond donors (Lipinski definition) is 0. The molecule has 0 bridgehead atoms. The molecule has 1 aliphatic heterocycles. The molecule has 1 fully saturated rings. The highest BCUT2D eigenvalue weighted by Gasteiger charge is 2.31. The Bertz CT molecular complexity index is 1210. The number of ether oxygens (including phenoxy) is 1. The minimum Gasteiger partial charge on any atom is -0.423 e. The van der Waals surface area contributed by atoms with Gasteiger partial charge < -0.3 is 4.74 Å². The minimum atomic E-state index is -0.400. The Labute approximate surface area is 203 Å². The average Bonchev–Trinajstić information content (AvgIpc) is 3.09. The Hall–Kier alpha value is -2.96. The van der Waals surface area contributed by atoms with Gasteiger partial charge in [0, 0.05) is 6.54 Å². The zero-order chi connectivity index (χ0) is 23.2. The first kappa shape index (κ1) is 23.2. The number of fused-ring (bicyclic) bond motifs is 1. The highest BCUT2D eigenvalue weighted by Crippen LogP contribution is 2.33. The second-order valence-corrected chi connectivity index (χ2v) is 9.56. The second kappa shape index (κ2) is 10.8. The summed E-state index contributed by atoms with van der Waals surface area (Å²) in [4.78, 5) is 27.8. The predicted octanol–water partition coefficient (Wildman–Crippen LogP) is 6.84. The molecule has 3 aromatic carbocycles. The normalized spacial score (nSPS) is 14.9. The van der Waals surface area contributed by atoms with E-state index < -0.39 is 5.97 Å². The van der Waals surface area contributed by atoms with Crippen LogP contribution in [0.25, 0.3) is 16.8 Å². The fourth-order valence-corrected chi connectivity index (χ4v) is 5.05. The van der Waals surface area contributed by atoms with Crippen molar-refractivity contribution in [1.82, 2.24) is 4.90 Å². The maximum Gasteiger partial charge on any atom is 0.344 e. The van der Waals surface area contributed by atoms with Crippen molar-refractivity contribution in [3.05, 3.63) is 82.8 Å². The van der Waals surface area contributed by atoms with Gasteiger partial charge in [0.05, 0.1) is 10.5 Å². The van der Waals surface area contributed by atoms with Gasteiger partial charge in [0.15, 0.2) is 0 Å². The number of thiocarbonyl (C=S) groups is 1. The van der Waals surface area contributed by atoms with E-state index in [4.69, 9.17) is 17.0 Å². The van der Waals surface area contributed by atoms with E-state index >= 15 is 0 Å². The largest absolute Gasteiger partial charge is 0.423 e. The molecule has 4 nitrogen and oxygen atoms in total. The van der Waals surface area contributed by atoms with E-state index in [-0.39, 0.29) is 5.91 Å². The number of esters is 1. The first-order chi connectivity index (χ1) is 16.1. The van der Waals surface area contributed by atoms with E-state index in [0.717, 1.165) is 35.6 Å². The molecule has 0 saturated carbocycles. The summed E-state index contributed by atoms with van der Waals surface area (Å²) < 4.78 is 6.21. The third-order valence-corrected chi connectivity index (χ3v) is 6.88. The summed E-state index contributed by atoms with van der Waals surface area (Å²) in [6.07, 6.45) is 6.23. The molecule has 0 N–H and O–H groups in total. The Morgan fingerprint density at radius 3 is 2.55 bits per heavy atom. The van der Waals surface area contributed by atoms with Crippen molar-refractivity contribution in [2.75, 3.05) is 6.54 Å². The first-order valence-corrected chi connectivity index (χ1v) is 12.3. The van der Waals surface area contributed by atoms with Gasteiger partial charge in [-0.05, 0) is 47.0 Å². The molecule has 0 atom stereocenters. The highest BCUT2D eigenvalue weighted by molar-refractivity contribution is 8.26. The van der Waals surface area contributed by atoms with Gasteiger partial charge in [-0.1, -0.05) is 98.7 Å². The molecule has 168 valence electrons. The predicted molar refractivity (Wildman–Crippen MR) is 139 cm³/mol. The van der Waals surface area contributed by atoms with Crippen molar-refractivity contribution >= 4 is 57.0 Å². The van der Waals surface area contributed by atoms with Crippen LogP contribution >= 0.6 is 24.0 Å². The third-order valence-electron chi connectivity index (χ3n) is 5.51. The van der Waals surface area contributed by atoms with Gasteiger partial charge in [-0.2, -0.15) is 0 Å². The van der Waals surface area contributed by atoms with Crippen LogP contribution < -0.4 is 4.74 Å². The zero-order valence-corrected chi connectivity index (χ0v) is 20.1. The topological polar surface area (TPSA) is 46.6 Å². The van der Waals surface area contributed by atoms with E-state index in [2.05, 4.69) is 6.92 Å². The van der Waals surface area contributed by atoms with E-state index in [1.807, 2.05) is 54.6 Å². The van der Waals surface area contributed by atoms with E-state index in [1.165, 1.54) is 18.2 Å². The lowest BCUT2D eigenvalue weighted by Gasteiger charge is -2.13. The molecule has 0 aliphatic carbocycles. The maximum atomic E-state index is 12.7. The third kappa shape index (κ3) is 5.52. The molecule has 33 heavy (non-hydrogen) atoms. The molecule has 1 aliphatic rings. The molecule has 0 unspecified atom stereocenters. The molecule has 1 saturated heterocycles. The lowest BCUT2D eigenvalue weighted by atomic mass is 10.0. The number of carbonyl (C=O) groups is 2. The molecular formula is C27H25NO3S2. The Morgan fingerprint density at radius 1 is 1.00 bits per heavy atom. The summed E-state index contributed by atoms with van der Waals surface area (Å²) >= 11 is 6.74. The molecule has 6 heteroatoms. The van der Waals surface area contributed by atoms with Gasteiger partial charge in [-0.3, -0.25) is 9.69 Å². The number of unbranched alkanes of at least 4 members (excludes halogenated alkanes) is 3. The van der Waals surface area contributed by atoms with Crippen LogP contribution in [0.5, 0.6) is 5.75 Å². The second-order valence-electron chi connectivity index (χ2n) is 7.88. The zero-order valence-electron chi connectivity index (χ0n) is 18.5. The maximum absolute atomic E-state index is 12.7. The number of carbonyl (C=O) groups excluding carboxylic acids is 2. The van der Waals surface area contributed by atoms with Crippen molar-refractivity contribution in [3.8, 4) is 5.75 Å². The van der Waals surface area contributed by atoms with Crippen molar-refractivity contribution in [2.24, 2.45) is 0 Å². The quantitative estimate of drug-likeness (QED) is 0.117. The Balaban J connectivity index is 1.42. The van der Waals surface area contributed by atoms with Gasteiger partial charge in [0.1, 0.15) is 10.1 Å². The van der Waals surface area contributed by atoms with Crippen LogP contribution in [-0.2, 0) is 4.79 Å². The van der Waals surface area contributed by atoms with E-state index in [0.29, 0.717) is 27.1 Å². The number of hydrogen-bond acceptors (Lipinski definition) is 5. The van der Waals surface area contributed by atoms with Crippen molar-refractivity contribution < 1.29 is 14.3 Å². The van der Waals surface area contributed by atoms with Gasteiger partial charge >= 0.3 is 5.97 Å². The van der Waals surface area contributed by atoms with E-state index in [9.17, 15) is 9.59 Å². The van der Waals surface area contributed by atoms with Crippen LogP contribution in [0.3, 0.4) is 0 Å². The van der Waals surface area contributed by atoms with Crippen molar-refractivity contribution in [1.29, 1.82) is 0 Å². The molecule has 1 amide bonds. The summed E-state index contributed by atoms with van der Waals surface area (Å²) in [5.74, 6) is 0.0185. The number of rotatable bonds is 8. The fraction of sp³-hybridized carbons (Fsp3) is 0.222. The molecule has 0 radical (unpaired) electrons.